The number of nitrogens with one attached hydrogen (secondary N) is 2. The fourth-order valence-electron chi connectivity index (χ4n) is 5.06. The molecule has 4 rings (SSSR count). The molecule has 9 nitrogen and oxygen atoms in total. The van der Waals surface area contributed by atoms with Crippen LogP contribution in [0.1, 0.15) is 51.0 Å². The van der Waals surface area contributed by atoms with E-state index in [1.807, 2.05) is 31.2 Å². The molecule has 11 heteroatoms. The highest BCUT2D eigenvalue weighted by molar-refractivity contribution is 14.1. The largest absolute Gasteiger partial charge is 0.344 e. The second-order valence-corrected chi connectivity index (χ2v) is 13.2. The van der Waals surface area contributed by atoms with E-state index in [9.17, 15) is 22.8 Å². The summed E-state index contributed by atoms with van der Waals surface area (Å²) in [5.41, 5.74) is 1.63. The molecule has 0 spiro atoms. The summed E-state index contributed by atoms with van der Waals surface area (Å²) >= 11 is 2.21. The van der Waals surface area contributed by atoms with Crippen molar-refractivity contribution in [2.24, 2.45) is 0 Å². The third kappa shape index (κ3) is 7.30. The van der Waals surface area contributed by atoms with Gasteiger partial charge in [-0.05, 0) is 71.7 Å². The van der Waals surface area contributed by atoms with Crippen LogP contribution in [0.4, 0.5) is 11.4 Å². The van der Waals surface area contributed by atoms with Gasteiger partial charge in [0.1, 0.15) is 12.1 Å². The lowest BCUT2D eigenvalue weighted by molar-refractivity contribution is -0.135. The number of unbranched alkanes of at least 4 members (excludes halogenated alkanes) is 2. The molecule has 2 aromatic carbocycles. The molecule has 2 aromatic rings. The summed E-state index contributed by atoms with van der Waals surface area (Å²) in [5.74, 6) is -1.40. The van der Waals surface area contributed by atoms with Gasteiger partial charge in [-0.1, -0.05) is 44.0 Å². The molecule has 0 saturated carbocycles. The van der Waals surface area contributed by atoms with Crippen molar-refractivity contribution >= 4 is 61.7 Å². The molecule has 2 aliphatic heterocycles. The van der Waals surface area contributed by atoms with Crippen LogP contribution in [0.3, 0.4) is 0 Å². The molecule has 0 aromatic heterocycles. The third-order valence-electron chi connectivity index (χ3n) is 7.07. The van der Waals surface area contributed by atoms with E-state index in [1.165, 1.54) is 0 Å². The van der Waals surface area contributed by atoms with E-state index in [-0.39, 0.29) is 11.7 Å². The number of carbonyl (C=O) groups excluding carboxylic acids is 3. The fraction of sp³-hybridized carbons (Fsp3) is 0.464. The number of benzene rings is 2. The minimum atomic E-state index is -3.89. The average molecular weight is 667 g/mol. The van der Waals surface area contributed by atoms with E-state index < -0.39 is 40.3 Å². The Morgan fingerprint density at radius 3 is 2.46 bits per heavy atom. The quantitative estimate of drug-likeness (QED) is 0.281. The lowest BCUT2D eigenvalue weighted by Crippen LogP contribution is -2.55. The number of hydrogen-bond acceptors (Lipinski definition) is 5. The molecule has 39 heavy (non-hydrogen) atoms. The van der Waals surface area contributed by atoms with Crippen molar-refractivity contribution in [2.75, 3.05) is 28.5 Å². The maximum absolute atomic E-state index is 13.5. The number of hydrogen-bond donors (Lipinski definition) is 2. The molecule has 1 saturated heterocycles. The van der Waals surface area contributed by atoms with Crippen LogP contribution in [-0.2, 0) is 30.8 Å². The van der Waals surface area contributed by atoms with Gasteiger partial charge in [-0.25, -0.2) is 8.42 Å². The molecule has 210 valence electrons. The number of para-hydroxylation sites is 2. The molecule has 0 bridgehead atoms. The predicted molar refractivity (Wildman–Crippen MR) is 160 cm³/mol. The molecule has 2 heterocycles. The first kappa shape index (κ1) is 29.3. The summed E-state index contributed by atoms with van der Waals surface area (Å²) < 4.78 is 29.1. The Bertz CT molecular complexity index is 1300. The lowest BCUT2D eigenvalue weighted by Gasteiger charge is -2.37. The Morgan fingerprint density at radius 1 is 1.08 bits per heavy atom. The Kier molecular flexibility index (Phi) is 9.86. The van der Waals surface area contributed by atoms with Crippen molar-refractivity contribution in [3.05, 3.63) is 57.7 Å². The van der Waals surface area contributed by atoms with Crippen LogP contribution < -0.4 is 14.9 Å². The lowest BCUT2D eigenvalue weighted by atomic mass is 10.0. The van der Waals surface area contributed by atoms with Gasteiger partial charge < -0.3 is 15.5 Å². The fourth-order valence-corrected chi connectivity index (χ4v) is 7.20. The van der Waals surface area contributed by atoms with Crippen molar-refractivity contribution < 1.29 is 22.8 Å². The number of halogens is 1. The highest BCUT2D eigenvalue weighted by Gasteiger charge is 2.41. The number of likely N-dealkylation sites (tertiary alicyclic amines) is 1. The summed E-state index contributed by atoms with van der Waals surface area (Å²) in [5, 5.41) is 5.59. The van der Waals surface area contributed by atoms with Crippen LogP contribution in [-0.4, -0.2) is 62.0 Å². The van der Waals surface area contributed by atoms with Gasteiger partial charge in [-0.15, -0.1) is 0 Å². The second kappa shape index (κ2) is 13.1. The Hall–Kier alpha value is -2.67. The van der Waals surface area contributed by atoms with Crippen LogP contribution in [0.5, 0.6) is 0 Å². The van der Waals surface area contributed by atoms with E-state index in [1.54, 1.807) is 29.2 Å². The Morgan fingerprint density at radius 2 is 1.77 bits per heavy atom. The topological polar surface area (TPSA) is 116 Å². The van der Waals surface area contributed by atoms with Crippen LogP contribution in [0, 0.1) is 3.57 Å². The molecule has 2 aliphatic rings. The highest BCUT2D eigenvalue weighted by atomic mass is 127. The highest BCUT2D eigenvalue weighted by Crippen LogP contribution is 2.35. The van der Waals surface area contributed by atoms with Gasteiger partial charge in [-0.2, -0.15) is 0 Å². The molecular formula is C28H35IN4O5S. The van der Waals surface area contributed by atoms with Gasteiger partial charge in [0.15, 0.2) is 0 Å². The Labute approximate surface area is 243 Å². The Balaban J connectivity index is 1.57. The number of anilines is 2. The van der Waals surface area contributed by atoms with Crippen LogP contribution >= 0.6 is 22.6 Å². The number of nitrogens with zero attached hydrogens (tertiary/aromatic N) is 2. The minimum absolute atomic E-state index is 0.122. The maximum Gasteiger partial charge on any atom is 0.248 e. The summed E-state index contributed by atoms with van der Waals surface area (Å²) in [6, 6.07) is 12.4. The molecule has 0 unspecified atom stereocenters. The van der Waals surface area contributed by atoms with Crippen LogP contribution in [0.25, 0.3) is 0 Å². The van der Waals surface area contributed by atoms with E-state index in [0.717, 1.165) is 39.1 Å². The number of carbonyl (C=O) groups is 3. The van der Waals surface area contributed by atoms with Gasteiger partial charge in [-0.3, -0.25) is 18.7 Å². The molecule has 0 aliphatic carbocycles. The predicted octanol–water partition coefficient (Wildman–Crippen LogP) is 3.68. The summed E-state index contributed by atoms with van der Waals surface area (Å²) in [7, 11) is -3.89. The minimum Gasteiger partial charge on any atom is -0.344 e. The first-order valence-corrected chi connectivity index (χ1v) is 16.1. The van der Waals surface area contributed by atoms with Crippen molar-refractivity contribution in [3.63, 3.8) is 0 Å². The molecule has 2 N–H and O–H groups in total. The first-order chi connectivity index (χ1) is 18.7. The molecule has 1 fully saturated rings. The normalized spacial score (nSPS) is 17.9. The summed E-state index contributed by atoms with van der Waals surface area (Å²) in [4.78, 5) is 41.7. The number of rotatable bonds is 11. The van der Waals surface area contributed by atoms with Crippen molar-refractivity contribution in [2.45, 2.75) is 64.0 Å². The number of amides is 3. The first-order valence-electron chi connectivity index (χ1n) is 13.4. The van der Waals surface area contributed by atoms with Crippen molar-refractivity contribution in [1.82, 2.24) is 10.2 Å². The zero-order chi connectivity index (χ0) is 28.0. The molecular weight excluding hydrogens is 631 g/mol. The number of fused-ring (bicyclic) bond motifs is 1. The average Bonchev–Trinajstić information content (AvgIpc) is 3.44. The summed E-state index contributed by atoms with van der Waals surface area (Å²) in [6.45, 7) is 3.27. The van der Waals surface area contributed by atoms with Crippen LogP contribution in [0.2, 0.25) is 0 Å². The van der Waals surface area contributed by atoms with Crippen molar-refractivity contribution in [1.29, 1.82) is 0 Å². The van der Waals surface area contributed by atoms with E-state index in [0.29, 0.717) is 37.3 Å². The van der Waals surface area contributed by atoms with E-state index >= 15 is 0 Å². The van der Waals surface area contributed by atoms with Gasteiger partial charge in [0.05, 0.1) is 23.5 Å². The maximum atomic E-state index is 13.5. The monoisotopic (exact) mass is 666 g/mol. The number of sulfonamides is 1. The van der Waals surface area contributed by atoms with E-state index in [2.05, 4.69) is 33.2 Å². The smallest absolute Gasteiger partial charge is 0.248 e. The van der Waals surface area contributed by atoms with Gasteiger partial charge in [0.25, 0.3) is 0 Å². The molecule has 3 amide bonds. The summed E-state index contributed by atoms with van der Waals surface area (Å²) in [6.07, 6.45) is 3.79. The zero-order valence-electron chi connectivity index (χ0n) is 22.1. The van der Waals surface area contributed by atoms with Gasteiger partial charge in [0, 0.05) is 23.1 Å². The SMILES string of the molecule is CCCCCS(=O)(=O)N1c2ccccc2NC(=O)[C@H]1CC(=O)N[C@@H](Cc1ccc(I)cc1)C(=O)N1CCCC1. The molecule has 2 atom stereocenters. The van der Waals surface area contributed by atoms with Crippen LogP contribution in [0.15, 0.2) is 48.5 Å². The molecule has 0 radical (unpaired) electrons. The van der Waals surface area contributed by atoms with Gasteiger partial charge in [0.2, 0.25) is 27.7 Å². The van der Waals surface area contributed by atoms with Crippen molar-refractivity contribution in [3.8, 4) is 0 Å². The van der Waals surface area contributed by atoms with Gasteiger partial charge >= 0.3 is 0 Å². The second-order valence-electron chi connectivity index (χ2n) is 10.0. The third-order valence-corrected chi connectivity index (χ3v) is 9.65. The standard InChI is InChI=1S/C28H35IN4O5S/c1-2-3-8-17-39(37,38)33-24-10-5-4-9-22(24)31-27(35)25(33)19-26(34)30-23(28(36)32-15-6-7-16-32)18-20-11-13-21(29)14-12-20/h4-5,9-14,23,25H,2-3,6-8,15-19H2,1H3,(H,30,34)(H,31,35)/t23-,25+/m0/s1. The van der Waals surface area contributed by atoms with E-state index in [4.69, 9.17) is 0 Å². The zero-order valence-corrected chi connectivity index (χ0v) is 25.0.